The molecule has 2 atom stereocenters. The second-order valence-corrected chi connectivity index (χ2v) is 9.24. The third kappa shape index (κ3) is 5.80. The topological polar surface area (TPSA) is 81.7 Å². The smallest absolute Gasteiger partial charge is 0.323 e. The molecule has 1 aliphatic rings. The van der Waals surface area contributed by atoms with Crippen molar-refractivity contribution in [1.29, 1.82) is 0 Å². The van der Waals surface area contributed by atoms with Gasteiger partial charge in [-0.25, -0.2) is 0 Å². The number of ether oxygens (including phenoxy) is 1. The summed E-state index contributed by atoms with van der Waals surface area (Å²) in [5.41, 5.74) is 0.148. The van der Waals surface area contributed by atoms with Gasteiger partial charge in [0, 0.05) is 12.0 Å². The number of rotatable bonds is 6. The van der Waals surface area contributed by atoms with Crippen LogP contribution in [0.2, 0.25) is 0 Å². The van der Waals surface area contributed by atoms with Crippen LogP contribution in [0.4, 0.5) is 0 Å². The van der Waals surface area contributed by atoms with Crippen molar-refractivity contribution in [3.63, 3.8) is 0 Å². The zero-order valence-corrected chi connectivity index (χ0v) is 16.1. The lowest BCUT2D eigenvalue weighted by molar-refractivity contribution is -0.157. The normalized spacial score (nSPS) is 24.2. The van der Waals surface area contributed by atoms with Crippen LogP contribution >= 0.6 is 0 Å². The van der Waals surface area contributed by atoms with E-state index < -0.39 is 21.8 Å². The van der Waals surface area contributed by atoms with Gasteiger partial charge in [-0.15, -0.1) is 0 Å². The fourth-order valence-corrected chi connectivity index (χ4v) is 3.51. The Hall–Kier alpha value is -1.44. The minimum absolute atomic E-state index is 0.0798. The molecule has 0 aliphatic carbocycles. The Morgan fingerprint density at radius 1 is 1.28 bits per heavy atom. The largest absolute Gasteiger partial charge is 0.459 e. The minimum Gasteiger partial charge on any atom is -0.459 e. The first-order valence-electron chi connectivity index (χ1n) is 8.37. The van der Waals surface area contributed by atoms with E-state index in [4.69, 9.17) is 8.92 Å². The number of carbonyl (C=O) groups excluding carboxylic acids is 1. The Kier molecular flexibility index (Phi) is 5.91. The Labute approximate surface area is 150 Å². The summed E-state index contributed by atoms with van der Waals surface area (Å²) in [6.07, 6.45) is 2.08. The molecule has 2 rings (SSSR count). The molecule has 0 radical (unpaired) electrons. The van der Waals surface area contributed by atoms with Crippen molar-refractivity contribution in [2.24, 2.45) is 0 Å². The summed E-state index contributed by atoms with van der Waals surface area (Å²) in [7, 11) is -3.49. The van der Waals surface area contributed by atoms with Crippen molar-refractivity contribution >= 4 is 16.1 Å². The van der Waals surface area contributed by atoms with Crippen LogP contribution in [-0.2, 0) is 29.2 Å². The first kappa shape index (κ1) is 19.9. The summed E-state index contributed by atoms with van der Waals surface area (Å²) in [4.78, 5) is 12.4. The zero-order chi connectivity index (χ0) is 18.7. The van der Waals surface area contributed by atoms with Crippen LogP contribution in [0.25, 0.3) is 0 Å². The Morgan fingerprint density at radius 3 is 2.48 bits per heavy atom. The molecule has 1 fully saturated rings. The number of esters is 1. The van der Waals surface area contributed by atoms with Crippen LogP contribution in [0, 0.1) is 0 Å². The SMILES string of the molecule is CC(C)(C)OC(=O)C1CC(CCOS(C)(=O)=O)(c2ccccc2)CN1. The summed E-state index contributed by atoms with van der Waals surface area (Å²) in [5, 5.41) is 3.24. The average molecular weight is 369 g/mol. The predicted molar refractivity (Wildman–Crippen MR) is 95.8 cm³/mol. The van der Waals surface area contributed by atoms with Crippen LogP contribution in [0.3, 0.4) is 0 Å². The summed E-state index contributed by atoms with van der Waals surface area (Å²) < 4.78 is 32.9. The molecular formula is C18H27NO5S. The molecule has 1 aromatic carbocycles. The third-order valence-corrected chi connectivity index (χ3v) is 4.83. The molecule has 6 nitrogen and oxygen atoms in total. The molecule has 0 amide bonds. The molecule has 1 heterocycles. The van der Waals surface area contributed by atoms with Gasteiger partial charge in [0.05, 0.1) is 12.9 Å². The van der Waals surface area contributed by atoms with E-state index >= 15 is 0 Å². The maximum Gasteiger partial charge on any atom is 0.323 e. The molecule has 7 heteroatoms. The van der Waals surface area contributed by atoms with E-state index in [9.17, 15) is 13.2 Å². The fourth-order valence-electron chi connectivity index (χ4n) is 3.13. The van der Waals surface area contributed by atoms with Crippen LogP contribution in [0.1, 0.15) is 39.2 Å². The summed E-state index contributed by atoms with van der Waals surface area (Å²) >= 11 is 0. The van der Waals surface area contributed by atoms with E-state index in [1.165, 1.54) is 0 Å². The summed E-state index contributed by atoms with van der Waals surface area (Å²) in [5.74, 6) is -0.283. The van der Waals surface area contributed by atoms with Gasteiger partial charge in [0.2, 0.25) is 0 Å². The van der Waals surface area contributed by atoms with Gasteiger partial charge in [0.15, 0.2) is 0 Å². The van der Waals surface area contributed by atoms with Gasteiger partial charge in [-0.3, -0.25) is 8.98 Å². The monoisotopic (exact) mass is 369 g/mol. The minimum atomic E-state index is -3.49. The first-order chi connectivity index (χ1) is 11.5. The van der Waals surface area contributed by atoms with Crippen molar-refractivity contribution in [3.8, 4) is 0 Å². The maximum absolute atomic E-state index is 12.4. The van der Waals surface area contributed by atoms with Gasteiger partial charge < -0.3 is 10.1 Å². The van der Waals surface area contributed by atoms with E-state index in [0.717, 1.165) is 11.8 Å². The van der Waals surface area contributed by atoms with Gasteiger partial charge in [0.1, 0.15) is 11.6 Å². The molecular weight excluding hydrogens is 342 g/mol. The van der Waals surface area contributed by atoms with E-state index in [2.05, 4.69) is 5.32 Å². The summed E-state index contributed by atoms with van der Waals surface area (Å²) in [6.45, 7) is 6.16. The number of carbonyl (C=O) groups is 1. The highest BCUT2D eigenvalue weighted by molar-refractivity contribution is 7.85. The van der Waals surface area contributed by atoms with Crippen molar-refractivity contribution in [3.05, 3.63) is 35.9 Å². The van der Waals surface area contributed by atoms with E-state index in [1.54, 1.807) is 0 Å². The van der Waals surface area contributed by atoms with Crippen LogP contribution in [0.5, 0.6) is 0 Å². The quantitative estimate of drug-likeness (QED) is 0.610. The molecule has 0 saturated carbocycles. The molecule has 1 aliphatic heterocycles. The number of nitrogens with one attached hydrogen (secondary N) is 1. The molecule has 0 spiro atoms. The van der Waals surface area contributed by atoms with Gasteiger partial charge in [-0.05, 0) is 39.2 Å². The summed E-state index contributed by atoms with van der Waals surface area (Å²) in [6, 6.07) is 9.39. The van der Waals surface area contributed by atoms with Crippen molar-refractivity contribution in [1.82, 2.24) is 5.32 Å². The van der Waals surface area contributed by atoms with Crippen molar-refractivity contribution < 1.29 is 22.1 Å². The molecule has 1 N–H and O–H groups in total. The van der Waals surface area contributed by atoms with E-state index in [-0.39, 0.29) is 18.0 Å². The van der Waals surface area contributed by atoms with Gasteiger partial charge in [-0.1, -0.05) is 30.3 Å². The van der Waals surface area contributed by atoms with Crippen molar-refractivity contribution in [2.45, 2.75) is 50.7 Å². The highest BCUT2D eigenvalue weighted by atomic mass is 32.2. The Morgan fingerprint density at radius 2 is 1.92 bits per heavy atom. The van der Waals surface area contributed by atoms with Crippen LogP contribution in [-0.4, -0.2) is 45.4 Å². The van der Waals surface area contributed by atoms with Crippen molar-refractivity contribution in [2.75, 3.05) is 19.4 Å². The predicted octanol–water partition coefficient (Wildman–Crippen LogP) is 1.99. The molecule has 1 saturated heterocycles. The average Bonchev–Trinajstić information content (AvgIpc) is 2.91. The lowest BCUT2D eigenvalue weighted by Gasteiger charge is -2.29. The van der Waals surface area contributed by atoms with Gasteiger partial charge >= 0.3 is 5.97 Å². The lowest BCUT2D eigenvalue weighted by atomic mass is 9.76. The number of hydrogen-bond acceptors (Lipinski definition) is 6. The molecule has 0 bridgehead atoms. The molecule has 140 valence electrons. The highest BCUT2D eigenvalue weighted by Gasteiger charge is 2.44. The second-order valence-electron chi connectivity index (χ2n) is 7.59. The first-order valence-corrected chi connectivity index (χ1v) is 10.2. The van der Waals surface area contributed by atoms with E-state index in [0.29, 0.717) is 19.4 Å². The van der Waals surface area contributed by atoms with Gasteiger partial charge in [-0.2, -0.15) is 8.42 Å². The Bertz CT molecular complexity index is 696. The molecule has 1 aromatic rings. The third-order valence-electron chi connectivity index (χ3n) is 4.24. The fraction of sp³-hybridized carbons (Fsp3) is 0.611. The van der Waals surface area contributed by atoms with Gasteiger partial charge in [0.25, 0.3) is 10.1 Å². The van der Waals surface area contributed by atoms with E-state index in [1.807, 2.05) is 51.1 Å². The standard InChI is InChI=1S/C18H27NO5S/c1-17(2,3)24-16(20)15-12-18(13-19-15,10-11-23-25(4,21)22)14-8-6-5-7-9-14/h5-9,15,19H,10-13H2,1-4H3. The zero-order valence-electron chi connectivity index (χ0n) is 15.2. The molecule has 25 heavy (non-hydrogen) atoms. The highest BCUT2D eigenvalue weighted by Crippen LogP contribution is 2.37. The Balaban J connectivity index is 2.16. The molecule has 0 aromatic heterocycles. The van der Waals surface area contributed by atoms with Crippen LogP contribution in [0.15, 0.2) is 30.3 Å². The van der Waals surface area contributed by atoms with Crippen LogP contribution < -0.4 is 5.32 Å². The molecule has 2 unspecified atom stereocenters. The second kappa shape index (κ2) is 7.43. The number of benzene rings is 1. The number of hydrogen-bond donors (Lipinski definition) is 1. The lowest BCUT2D eigenvalue weighted by Crippen LogP contribution is -2.37. The maximum atomic E-state index is 12.4.